The molecule has 0 unspecified atom stereocenters. The quantitative estimate of drug-likeness (QED) is 0.744. The predicted octanol–water partition coefficient (Wildman–Crippen LogP) is 1.77. The van der Waals surface area contributed by atoms with Gasteiger partial charge in [-0.1, -0.05) is 6.07 Å². The fraction of sp³-hybridized carbons (Fsp3) is 0.0667. The van der Waals surface area contributed by atoms with E-state index in [-0.39, 0.29) is 5.91 Å². The van der Waals surface area contributed by atoms with Crippen LogP contribution in [-0.4, -0.2) is 33.6 Å². The van der Waals surface area contributed by atoms with E-state index in [1.54, 1.807) is 42.6 Å². The summed E-state index contributed by atoms with van der Waals surface area (Å²) in [5, 5.41) is 6.78. The number of carbonyl (C=O) groups is 2. The monoisotopic (exact) mass is 296 g/mol. The standard InChI is InChI=1S/C15H12N4O3/c1-22-15(21)10-3-2-4-11(9-10)18-14(20)12-5-7-16-13-6-8-17-19(12)13/h2-9H,1H3,(H,18,20). The van der Waals surface area contributed by atoms with Crippen molar-refractivity contribution < 1.29 is 14.3 Å². The molecule has 0 fully saturated rings. The van der Waals surface area contributed by atoms with Crippen LogP contribution >= 0.6 is 0 Å². The van der Waals surface area contributed by atoms with Gasteiger partial charge in [0.05, 0.1) is 18.9 Å². The van der Waals surface area contributed by atoms with E-state index in [4.69, 9.17) is 0 Å². The normalized spacial score (nSPS) is 10.4. The van der Waals surface area contributed by atoms with E-state index in [1.807, 2.05) is 0 Å². The molecule has 0 atom stereocenters. The van der Waals surface area contributed by atoms with E-state index in [0.29, 0.717) is 22.6 Å². The van der Waals surface area contributed by atoms with Crippen molar-refractivity contribution in [3.05, 3.63) is 60.0 Å². The Kier molecular flexibility index (Phi) is 3.53. The predicted molar refractivity (Wildman–Crippen MR) is 78.7 cm³/mol. The fourth-order valence-corrected chi connectivity index (χ4v) is 2.04. The number of nitrogens with one attached hydrogen (secondary N) is 1. The summed E-state index contributed by atoms with van der Waals surface area (Å²) in [5.41, 5.74) is 1.78. The Morgan fingerprint density at radius 1 is 1.18 bits per heavy atom. The number of nitrogens with zero attached hydrogens (tertiary/aromatic N) is 3. The smallest absolute Gasteiger partial charge is 0.337 e. The number of carbonyl (C=O) groups excluding carboxylic acids is 2. The van der Waals surface area contributed by atoms with Crippen LogP contribution in [0.5, 0.6) is 0 Å². The lowest BCUT2D eigenvalue weighted by atomic mass is 10.2. The second-order valence-corrected chi connectivity index (χ2v) is 4.46. The average molecular weight is 296 g/mol. The molecule has 0 radical (unpaired) electrons. The van der Waals surface area contributed by atoms with Gasteiger partial charge in [0.25, 0.3) is 5.91 Å². The summed E-state index contributed by atoms with van der Waals surface area (Å²) < 4.78 is 6.10. The second kappa shape index (κ2) is 5.65. The topological polar surface area (TPSA) is 85.6 Å². The number of aromatic nitrogens is 3. The van der Waals surface area contributed by atoms with Crippen molar-refractivity contribution in [2.24, 2.45) is 0 Å². The molecule has 1 aromatic carbocycles. The van der Waals surface area contributed by atoms with E-state index >= 15 is 0 Å². The first kappa shape index (κ1) is 13.7. The summed E-state index contributed by atoms with van der Waals surface area (Å²) >= 11 is 0. The van der Waals surface area contributed by atoms with E-state index in [0.717, 1.165) is 0 Å². The maximum absolute atomic E-state index is 12.4. The van der Waals surface area contributed by atoms with Gasteiger partial charge in [-0.15, -0.1) is 0 Å². The number of amides is 1. The first-order chi connectivity index (χ1) is 10.7. The Balaban J connectivity index is 1.88. The minimum absolute atomic E-state index is 0.346. The largest absolute Gasteiger partial charge is 0.465 e. The summed E-state index contributed by atoms with van der Waals surface area (Å²) in [5.74, 6) is -0.812. The summed E-state index contributed by atoms with van der Waals surface area (Å²) in [6.45, 7) is 0. The van der Waals surface area contributed by atoms with Crippen molar-refractivity contribution >= 4 is 23.2 Å². The van der Waals surface area contributed by atoms with Crippen LogP contribution in [0.1, 0.15) is 20.8 Å². The number of hydrogen-bond acceptors (Lipinski definition) is 5. The molecule has 3 rings (SSSR count). The van der Waals surface area contributed by atoms with Gasteiger partial charge >= 0.3 is 5.97 Å². The number of methoxy groups -OCH3 is 1. The number of anilines is 1. The van der Waals surface area contributed by atoms with Crippen molar-refractivity contribution in [2.75, 3.05) is 12.4 Å². The SMILES string of the molecule is COC(=O)c1cccc(NC(=O)c2ccnc3ccnn23)c1. The third-order valence-electron chi connectivity index (χ3n) is 3.06. The Morgan fingerprint density at radius 2 is 2.05 bits per heavy atom. The van der Waals surface area contributed by atoms with Crippen molar-refractivity contribution in [3.63, 3.8) is 0 Å². The molecule has 0 aliphatic carbocycles. The lowest BCUT2D eigenvalue weighted by Crippen LogP contribution is -2.17. The van der Waals surface area contributed by atoms with Crippen LogP contribution in [0.15, 0.2) is 48.8 Å². The number of benzene rings is 1. The Morgan fingerprint density at radius 3 is 2.86 bits per heavy atom. The molecular formula is C15H12N4O3. The lowest BCUT2D eigenvalue weighted by molar-refractivity contribution is 0.0600. The van der Waals surface area contributed by atoms with Crippen molar-refractivity contribution in [2.45, 2.75) is 0 Å². The average Bonchev–Trinajstić information content (AvgIpc) is 3.02. The third kappa shape index (κ3) is 2.51. The Hall–Kier alpha value is -3.22. The van der Waals surface area contributed by atoms with Crippen LogP contribution in [-0.2, 0) is 4.74 Å². The number of esters is 1. The molecule has 0 aliphatic heterocycles. The van der Waals surface area contributed by atoms with Crippen LogP contribution in [0.4, 0.5) is 5.69 Å². The van der Waals surface area contributed by atoms with Gasteiger partial charge in [0.1, 0.15) is 5.69 Å². The van der Waals surface area contributed by atoms with E-state index in [2.05, 4.69) is 20.1 Å². The lowest BCUT2D eigenvalue weighted by Gasteiger charge is -2.07. The van der Waals surface area contributed by atoms with Crippen LogP contribution < -0.4 is 5.32 Å². The minimum Gasteiger partial charge on any atom is -0.465 e. The number of fused-ring (bicyclic) bond motifs is 1. The van der Waals surface area contributed by atoms with Gasteiger partial charge in [0.2, 0.25) is 0 Å². The van der Waals surface area contributed by atoms with Gasteiger partial charge in [-0.05, 0) is 24.3 Å². The van der Waals surface area contributed by atoms with Crippen LogP contribution in [0.3, 0.4) is 0 Å². The van der Waals surface area contributed by atoms with Gasteiger partial charge in [0.15, 0.2) is 5.65 Å². The number of hydrogen-bond donors (Lipinski definition) is 1. The van der Waals surface area contributed by atoms with Crippen LogP contribution in [0.25, 0.3) is 5.65 Å². The fourth-order valence-electron chi connectivity index (χ4n) is 2.04. The zero-order chi connectivity index (χ0) is 15.5. The second-order valence-electron chi connectivity index (χ2n) is 4.46. The molecule has 1 amide bonds. The highest BCUT2D eigenvalue weighted by molar-refractivity contribution is 6.04. The minimum atomic E-state index is -0.463. The van der Waals surface area contributed by atoms with Crippen molar-refractivity contribution in [3.8, 4) is 0 Å². The molecule has 0 bridgehead atoms. The number of rotatable bonds is 3. The highest BCUT2D eigenvalue weighted by Crippen LogP contribution is 2.13. The summed E-state index contributed by atoms with van der Waals surface area (Å²) in [6.07, 6.45) is 3.10. The van der Waals surface area contributed by atoms with Gasteiger partial charge in [-0.2, -0.15) is 5.10 Å². The van der Waals surface area contributed by atoms with Gasteiger partial charge in [-0.3, -0.25) is 4.79 Å². The molecular weight excluding hydrogens is 284 g/mol. The van der Waals surface area contributed by atoms with E-state index in [1.165, 1.54) is 17.8 Å². The first-order valence-electron chi connectivity index (χ1n) is 6.47. The van der Waals surface area contributed by atoms with Crippen molar-refractivity contribution in [1.29, 1.82) is 0 Å². The molecule has 2 aromatic heterocycles. The zero-order valence-electron chi connectivity index (χ0n) is 11.7. The summed E-state index contributed by atoms with van der Waals surface area (Å²) in [4.78, 5) is 28.0. The Labute approximate surface area is 125 Å². The van der Waals surface area contributed by atoms with Crippen LogP contribution in [0, 0.1) is 0 Å². The highest BCUT2D eigenvalue weighted by Gasteiger charge is 2.12. The molecule has 7 nitrogen and oxygen atoms in total. The summed E-state index contributed by atoms with van der Waals surface area (Å²) in [6, 6.07) is 9.78. The molecule has 0 aliphatic rings. The molecule has 0 saturated carbocycles. The Bertz CT molecular complexity index is 857. The van der Waals surface area contributed by atoms with E-state index < -0.39 is 5.97 Å². The number of ether oxygens (including phenoxy) is 1. The third-order valence-corrected chi connectivity index (χ3v) is 3.06. The maximum Gasteiger partial charge on any atom is 0.337 e. The molecule has 3 aromatic rings. The van der Waals surface area contributed by atoms with Gasteiger partial charge < -0.3 is 10.1 Å². The molecule has 2 heterocycles. The van der Waals surface area contributed by atoms with Gasteiger partial charge in [0, 0.05) is 18.0 Å². The maximum atomic E-state index is 12.4. The van der Waals surface area contributed by atoms with Crippen LogP contribution in [0.2, 0.25) is 0 Å². The molecule has 0 spiro atoms. The molecule has 1 N–H and O–H groups in total. The first-order valence-corrected chi connectivity index (χ1v) is 6.47. The molecule has 0 saturated heterocycles. The summed E-state index contributed by atoms with van der Waals surface area (Å²) in [7, 11) is 1.30. The van der Waals surface area contributed by atoms with Crippen molar-refractivity contribution in [1.82, 2.24) is 14.6 Å². The van der Waals surface area contributed by atoms with Gasteiger partial charge in [-0.25, -0.2) is 14.3 Å². The molecule has 22 heavy (non-hydrogen) atoms. The van der Waals surface area contributed by atoms with E-state index in [9.17, 15) is 9.59 Å². The molecule has 110 valence electrons. The molecule has 7 heteroatoms. The zero-order valence-corrected chi connectivity index (χ0v) is 11.7. The highest BCUT2D eigenvalue weighted by atomic mass is 16.5.